The van der Waals surface area contributed by atoms with Crippen LogP contribution in [0.4, 0.5) is 4.39 Å². The van der Waals surface area contributed by atoms with Gasteiger partial charge in [0, 0.05) is 15.5 Å². The molecule has 1 heterocycles. The predicted molar refractivity (Wildman–Crippen MR) is 87.5 cm³/mol. The topological polar surface area (TPSA) is 12.0 Å². The van der Waals surface area contributed by atoms with Crippen LogP contribution in [-0.2, 0) is 0 Å². The molecule has 0 spiro atoms. The number of hydrogen-bond acceptors (Lipinski definition) is 3. The summed E-state index contributed by atoms with van der Waals surface area (Å²) in [5.41, 5.74) is 0. The van der Waals surface area contributed by atoms with Crippen LogP contribution in [0.5, 0.6) is 0 Å². The molecule has 0 amide bonds. The van der Waals surface area contributed by atoms with E-state index in [1.165, 1.54) is 17.0 Å². The van der Waals surface area contributed by atoms with E-state index in [0.717, 1.165) is 28.0 Å². The molecular weight excluding hydrogens is 313 g/mol. The number of thiophene rings is 1. The molecular formula is C15H17ClFNS2. The fourth-order valence-corrected chi connectivity index (χ4v) is 4.01. The first kappa shape index (κ1) is 15.8. The Bertz CT molecular complexity index is 527. The van der Waals surface area contributed by atoms with E-state index < -0.39 is 0 Å². The second-order valence-electron chi connectivity index (χ2n) is 4.41. The van der Waals surface area contributed by atoms with Crippen molar-refractivity contribution in [1.82, 2.24) is 5.32 Å². The number of halogens is 2. The summed E-state index contributed by atoms with van der Waals surface area (Å²) < 4.78 is 13.7. The molecule has 0 aliphatic carbocycles. The summed E-state index contributed by atoms with van der Waals surface area (Å²) in [6.45, 7) is 3.13. The van der Waals surface area contributed by atoms with Crippen molar-refractivity contribution >= 4 is 34.7 Å². The molecule has 0 aliphatic rings. The first-order valence-electron chi connectivity index (χ1n) is 6.56. The van der Waals surface area contributed by atoms with E-state index in [-0.39, 0.29) is 11.9 Å². The summed E-state index contributed by atoms with van der Waals surface area (Å²) in [5.74, 6) is 0.711. The Kier molecular flexibility index (Phi) is 6.36. The Morgan fingerprint density at radius 2 is 2.00 bits per heavy atom. The third kappa shape index (κ3) is 4.77. The summed E-state index contributed by atoms with van der Waals surface area (Å²) in [6, 6.07) is 10.9. The van der Waals surface area contributed by atoms with Crippen LogP contribution in [0.15, 0.2) is 41.3 Å². The number of thioether (sulfide) groups is 1. The molecule has 108 valence electrons. The van der Waals surface area contributed by atoms with Gasteiger partial charge in [-0.25, -0.2) is 4.39 Å². The van der Waals surface area contributed by atoms with Crippen LogP contribution in [0.25, 0.3) is 0 Å². The first-order valence-corrected chi connectivity index (χ1v) is 8.74. The Balaban J connectivity index is 1.98. The Morgan fingerprint density at radius 1 is 1.25 bits per heavy atom. The zero-order chi connectivity index (χ0) is 14.4. The monoisotopic (exact) mass is 329 g/mol. The molecule has 2 rings (SSSR count). The minimum Gasteiger partial charge on any atom is -0.309 e. The third-order valence-electron chi connectivity index (χ3n) is 2.81. The molecule has 1 N–H and O–H groups in total. The van der Waals surface area contributed by atoms with E-state index in [1.807, 2.05) is 18.2 Å². The van der Waals surface area contributed by atoms with Crippen molar-refractivity contribution in [2.24, 2.45) is 0 Å². The number of benzene rings is 1. The van der Waals surface area contributed by atoms with Crippen molar-refractivity contribution < 1.29 is 4.39 Å². The third-order valence-corrected chi connectivity index (χ3v) is 5.26. The van der Waals surface area contributed by atoms with E-state index in [4.69, 9.17) is 11.6 Å². The molecule has 1 atom stereocenters. The molecule has 20 heavy (non-hydrogen) atoms. The summed E-state index contributed by atoms with van der Waals surface area (Å²) in [4.78, 5) is 2.33. The van der Waals surface area contributed by atoms with Gasteiger partial charge in [0.1, 0.15) is 5.82 Å². The Morgan fingerprint density at radius 3 is 2.60 bits per heavy atom. The second kappa shape index (κ2) is 8.03. The van der Waals surface area contributed by atoms with Gasteiger partial charge in [-0.2, -0.15) is 0 Å². The van der Waals surface area contributed by atoms with Gasteiger partial charge in [0.2, 0.25) is 0 Å². The van der Waals surface area contributed by atoms with Crippen molar-refractivity contribution in [2.75, 3.05) is 12.3 Å². The zero-order valence-electron chi connectivity index (χ0n) is 11.2. The lowest BCUT2D eigenvalue weighted by atomic mass is 10.2. The van der Waals surface area contributed by atoms with Crippen LogP contribution in [0, 0.1) is 5.82 Å². The molecule has 1 unspecified atom stereocenters. The molecule has 0 fully saturated rings. The summed E-state index contributed by atoms with van der Waals surface area (Å²) >= 11 is 9.36. The fourth-order valence-electron chi connectivity index (χ4n) is 1.79. The standard InChI is InChI=1S/C15H17ClFNS2/c1-2-9-18-13(14-7-8-15(16)20-14)10-19-12-5-3-11(17)4-6-12/h3-8,13,18H,2,9-10H2,1H3. The lowest BCUT2D eigenvalue weighted by Gasteiger charge is -2.16. The van der Waals surface area contributed by atoms with Gasteiger partial charge in [0.25, 0.3) is 0 Å². The summed E-state index contributed by atoms with van der Waals surface area (Å²) in [5, 5.41) is 3.54. The summed E-state index contributed by atoms with van der Waals surface area (Å²) in [6.07, 6.45) is 1.09. The van der Waals surface area contributed by atoms with E-state index in [0.29, 0.717) is 0 Å². The van der Waals surface area contributed by atoms with Gasteiger partial charge in [-0.1, -0.05) is 18.5 Å². The smallest absolute Gasteiger partial charge is 0.123 e. The minimum absolute atomic E-state index is 0.194. The quantitative estimate of drug-likeness (QED) is 0.685. The van der Waals surface area contributed by atoms with Gasteiger partial charge in [0.05, 0.1) is 10.4 Å². The van der Waals surface area contributed by atoms with Crippen LogP contribution in [0.2, 0.25) is 4.34 Å². The average Bonchev–Trinajstić information content (AvgIpc) is 2.87. The lowest BCUT2D eigenvalue weighted by molar-refractivity contribution is 0.585. The van der Waals surface area contributed by atoms with E-state index in [2.05, 4.69) is 18.3 Å². The fraction of sp³-hybridized carbons (Fsp3) is 0.333. The highest BCUT2D eigenvalue weighted by molar-refractivity contribution is 7.99. The van der Waals surface area contributed by atoms with E-state index in [9.17, 15) is 4.39 Å². The molecule has 0 saturated carbocycles. The first-order chi connectivity index (χ1) is 9.69. The van der Waals surface area contributed by atoms with Gasteiger partial charge in [-0.15, -0.1) is 23.1 Å². The molecule has 1 aromatic carbocycles. The molecule has 0 radical (unpaired) electrons. The summed E-state index contributed by atoms with van der Waals surface area (Å²) in [7, 11) is 0. The molecule has 2 aromatic rings. The van der Waals surface area contributed by atoms with Crippen LogP contribution < -0.4 is 5.32 Å². The lowest BCUT2D eigenvalue weighted by Crippen LogP contribution is -2.23. The molecule has 0 saturated heterocycles. The number of hydrogen-bond donors (Lipinski definition) is 1. The van der Waals surface area contributed by atoms with E-state index >= 15 is 0 Å². The molecule has 1 aromatic heterocycles. The van der Waals surface area contributed by atoms with Gasteiger partial charge in [-0.3, -0.25) is 0 Å². The maximum Gasteiger partial charge on any atom is 0.123 e. The van der Waals surface area contributed by atoms with Gasteiger partial charge >= 0.3 is 0 Å². The molecule has 0 bridgehead atoms. The van der Waals surface area contributed by atoms with E-state index in [1.54, 1.807) is 23.1 Å². The minimum atomic E-state index is -0.194. The second-order valence-corrected chi connectivity index (χ2v) is 7.25. The molecule has 0 aliphatic heterocycles. The normalized spacial score (nSPS) is 12.6. The van der Waals surface area contributed by atoms with Crippen molar-refractivity contribution in [3.8, 4) is 0 Å². The van der Waals surface area contributed by atoms with Crippen molar-refractivity contribution in [2.45, 2.75) is 24.3 Å². The SMILES string of the molecule is CCCNC(CSc1ccc(F)cc1)c1ccc(Cl)s1. The predicted octanol–water partition coefficient (Wildman–Crippen LogP) is 5.37. The van der Waals surface area contributed by atoms with Crippen molar-refractivity contribution in [3.05, 3.63) is 51.4 Å². The number of nitrogens with one attached hydrogen (secondary N) is 1. The van der Waals surface area contributed by atoms with Gasteiger partial charge in [-0.05, 0) is 49.4 Å². The Labute approximate surface area is 132 Å². The Hall–Kier alpha value is -0.550. The highest BCUT2D eigenvalue weighted by Crippen LogP contribution is 2.31. The van der Waals surface area contributed by atoms with Crippen molar-refractivity contribution in [1.29, 1.82) is 0 Å². The highest BCUT2D eigenvalue weighted by Gasteiger charge is 2.13. The number of rotatable bonds is 7. The largest absolute Gasteiger partial charge is 0.309 e. The van der Waals surface area contributed by atoms with Gasteiger partial charge < -0.3 is 5.32 Å². The van der Waals surface area contributed by atoms with Gasteiger partial charge in [0.15, 0.2) is 0 Å². The maximum atomic E-state index is 12.9. The molecule has 5 heteroatoms. The zero-order valence-corrected chi connectivity index (χ0v) is 13.6. The average molecular weight is 330 g/mol. The molecule has 1 nitrogen and oxygen atoms in total. The van der Waals surface area contributed by atoms with Crippen molar-refractivity contribution in [3.63, 3.8) is 0 Å². The van der Waals surface area contributed by atoms with Crippen LogP contribution >= 0.6 is 34.7 Å². The maximum absolute atomic E-state index is 12.9. The van der Waals surface area contributed by atoms with Crippen LogP contribution in [-0.4, -0.2) is 12.3 Å². The highest BCUT2D eigenvalue weighted by atomic mass is 35.5. The van der Waals surface area contributed by atoms with Crippen LogP contribution in [0.3, 0.4) is 0 Å². The van der Waals surface area contributed by atoms with Crippen LogP contribution in [0.1, 0.15) is 24.3 Å².